The van der Waals surface area contributed by atoms with Crippen molar-refractivity contribution in [3.63, 3.8) is 0 Å². The van der Waals surface area contributed by atoms with Gasteiger partial charge >= 0.3 is 30.2 Å². The normalized spacial score (nSPS) is 13.7. The molecular formula is C18H42Cl2NOSi2Zr-4. The second kappa shape index (κ2) is 30.0. The van der Waals surface area contributed by atoms with Gasteiger partial charge in [0.2, 0.25) is 0 Å². The number of hydrogen-bond donors (Lipinski definition) is 1. The quantitative estimate of drug-likeness (QED) is 0.353. The molecule has 0 aromatic rings. The van der Waals surface area contributed by atoms with Crippen LogP contribution in [-0.4, -0.2) is 33.7 Å². The number of aliphatic hydroxyl groups excluding tert-OH is 1. The molecule has 1 unspecified atom stereocenters. The molecule has 2 nitrogen and oxygen atoms in total. The molecule has 0 aliphatic heterocycles. The Balaban J connectivity index is -0.0000000356. The summed E-state index contributed by atoms with van der Waals surface area (Å²) in [6.45, 7) is 23.6. The van der Waals surface area contributed by atoms with Crippen molar-refractivity contribution >= 4 is 41.2 Å². The Kier molecular flexibility index (Phi) is 54.3. The van der Waals surface area contributed by atoms with Gasteiger partial charge in [-0.1, -0.05) is 67.2 Å². The summed E-state index contributed by atoms with van der Waals surface area (Å²) in [6.07, 6.45) is 3.36. The van der Waals surface area contributed by atoms with Gasteiger partial charge in [0.15, 0.2) is 0 Å². The van der Waals surface area contributed by atoms with Crippen LogP contribution in [0.1, 0.15) is 48.5 Å². The van der Waals surface area contributed by atoms with Gasteiger partial charge in [-0.25, -0.2) is 5.57 Å². The van der Waals surface area contributed by atoms with E-state index in [0.717, 1.165) is 9.52 Å². The predicted octanol–water partition coefficient (Wildman–Crippen LogP) is 5.27. The Labute approximate surface area is 191 Å². The SMILES string of the molecule is CC(C)(C)[NH-].CC1=[C-]C(C)C(C)=C1C.C[SiH]C.Cl.Cl.[CH2-]CO.[CH3-].[SiH2]=[Zr]. The van der Waals surface area contributed by atoms with Crippen molar-refractivity contribution in [1.29, 1.82) is 0 Å². The fourth-order valence-electron chi connectivity index (χ4n) is 1.16. The van der Waals surface area contributed by atoms with Crippen molar-refractivity contribution in [3.05, 3.63) is 42.9 Å². The molecule has 0 bridgehead atoms. The third kappa shape index (κ3) is 45.9. The zero-order valence-corrected chi connectivity index (χ0v) is 24.7. The Morgan fingerprint density at radius 2 is 1.40 bits per heavy atom. The van der Waals surface area contributed by atoms with Gasteiger partial charge in [-0.15, -0.1) is 37.3 Å². The standard InChI is InChI=1S/C9H13.C4H10N.C2H5O.C2H7Si.CH3.2ClH.H2Si.Zr/c1-6-5-7(2)9(4)8(6)3;1-4(2,3)5;1-2-3;1-3-2;;;;;/h6H,1-4H3;5H,1-3H3;3H,1-2H2;3H,1-2H3;1H3;2*1H;1H2;/q3*-1;;-1;;;;. The molecule has 1 aliphatic rings. The van der Waals surface area contributed by atoms with E-state index in [1.54, 1.807) is 23.3 Å². The van der Waals surface area contributed by atoms with E-state index < -0.39 is 0 Å². The van der Waals surface area contributed by atoms with E-state index >= 15 is 0 Å². The van der Waals surface area contributed by atoms with Crippen molar-refractivity contribution in [2.24, 2.45) is 5.92 Å². The fraction of sp³-hybridized carbons (Fsp3) is 0.667. The van der Waals surface area contributed by atoms with E-state index in [1.165, 1.54) is 16.7 Å². The zero-order valence-electron chi connectivity index (χ0n) is 18.0. The summed E-state index contributed by atoms with van der Waals surface area (Å²) in [6, 6.07) is 0. The minimum atomic E-state index is -0.250. The topological polar surface area (TPSA) is 44.0 Å². The first-order valence-corrected chi connectivity index (χ1v) is 15.7. The number of allylic oxidation sites excluding steroid dienone is 4. The third-order valence-electron chi connectivity index (χ3n) is 2.24. The number of nitrogens with one attached hydrogen (secondary N) is 1. The Morgan fingerprint density at radius 3 is 1.44 bits per heavy atom. The molecule has 2 N–H and O–H groups in total. The van der Waals surface area contributed by atoms with Gasteiger partial charge in [0.1, 0.15) is 0 Å². The fourth-order valence-corrected chi connectivity index (χ4v) is 1.16. The van der Waals surface area contributed by atoms with Crippen LogP contribution in [0, 0.1) is 26.3 Å². The Hall–Kier alpha value is 1.30. The molecule has 0 fully saturated rings. The molecule has 0 saturated carbocycles. The van der Waals surface area contributed by atoms with Crippen LogP contribution in [-0.2, 0) is 23.3 Å². The molecule has 0 saturated heterocycles. The van der Waals surface area contributed by atoms with Crippen LogP contribution in [0.2, 0.25) is 13.1 Å². The molecule has 0 aromatic heterocycles. The second-order valence-corrected chi connectivity index (χ2v) is 7.00. The molecule has 7 heteroatoms. The summed E-state index contributed by atoms with van der Waals surface area (Å²) in [7, 11) is 0.750. The van der Waals surface area contributed by atoms with Gasteiger partial charge in [0.05, 0.1) is 0 Å². The van der Waals surface area contributed by atoms with Crippen LogP contribution in [0.3, 0.4) is 0 Å². The summed E-state index contributed by atoms with van der Waals surface area (Å²) >= 11 is 1.58. The number of rotatable bonds is 0. The molecule has 25 heavy (non-hydrogen) atoms. The van der Waals surface area contributed by atoms with Crippen molar-refractivity contribution in [2.75, 3.05) is 6.61 Å². The first kappa shape index (κ1) is 45.2. The summed E-state index contributed by atoms with van der Waals surface area (Å²) in [4.78, 5) is 0. The molecular weight excluding hydrogens is 465 g/mol. The van der Waals surface area contributed by atoms with Gasteiger partial charge < -0.3 is 25.2 Å². The average Bonchev–Trinajstić information content (AvgIpc) is 2.59. The van der Waals surface area contributed by atoms with Crippen LogP contribution >= 0.6 is 24.8 Å². The summed E-state index contributed by atoms with van der Waals surface area (Å²) in [5, 5.41) is 7.46. The third-order valence-corrected chi connectivity index (χ3v) is 2.24. The van der Waals surface area contributed by atoms with Gasteiger partial charge in [0, 0.05) is 9.52 Å². The van der Waals surface area contributed by atoms with Gasteiger partial charge in [-0.3, -0.25) is 6.08 Å². The molecule has 0 spiro atoms. The summed E-state index contributed by atoms with van der Waals surface area (Å²) in [5.41, 5.74) is 10.9. The molecule has 0 aromatic carbocycles. The van der Waals surface area contributed by atoms with Crippen LogP contribution in [0.25, 0.3) is 5.73 Å². The van der Waals surface area contributed by atoms with Gasteiger partial charge in [-0.05, 0) is 0 Å². The van der Waals surface area contributed by atoms with Crippen LogP contribution in [0.4, 0.5) is 0 Å². The maximum absolute atomic E-state index is 7.46. The molecule has 1 aliphatic carbocycles. The molecule has 1 rings (SSSR count). The van der Waals surface area contributed by atoms with Gasteiger partial charge in [-0.2, -0.15) is 11.1 Å². The minimum absolute atomic E-state index is 0. The Morgan fingerprint density at radius 1 is 1.20 bits per heavy atom. The van der Waals surface area contributed by atoms with Crippen LogP contribution < -0.4 is 0 Å². The number of hydrogen-bond acceptors (Lipinski definition) is 1. The van der Waals surface area contributed by atoms with Crippen molar-refractivity contribution in [3.8, 4) is 0 Å². The first-order chi connectivity index (χ1) is 9.95. The van der Waals surface area contributed by atoms with E-state index in [0.29, 0.717) is 5.92 Å². The summed E-state index contributed by atoms with van der Waals surface area (Å²) in [5.74, 6) is 0.560. The van der Waals surface area contributed by atoms with Crippen molar-refractivity contribution in [1.82, 2.24) is 0 Å². The monoisotopic (exact) mass is 504 g/mol. The van der Waals surface area contributed by atoms with E-state index in [1.807, 2.05) is 27.7 Å². The van der Waals surface area contributed by atoms with Crippen molar-refractivity contribution in [2.45, 2.75) is 67.1 Å². The maximum atomic E-state index is 7.46. The molecule has 0 heterocycles. The first-order valence-electron chi connectivity index (χ1n) is 7.48. The second-order valence-electron chi connectivity index (χ2n) is 5.85. The summed E-state index contributed by atoms with van der Waals surface area (Å²) < 4.78 is 0. The van der Waals surface area contributed by atoms with E-state index in [9.17, 15) is 0 Å². The number of aliphatic hydroxyl groups is 1. The van der Waals surface area contributed by atoms with Crippen molar-refractivity contribution < 1.29 is 28.4 Å². The van der Waals surface area contributed by atoms with E-state index in [4.69, 9.17) is 10.8 Å². The van der Waals surface area contributed by atoms with Crippen LogP contribution in [0.15, 0.2) is 16.7 Å². The predicted molar refractivity (Wildman–Crippen MR) is 125 cm³/mol. The zero-order chi connectivity index (χ0) is 18.9. The number of halogens is 2. The Bertz CT molecular complexity index is 313. The average molecular weight is 507 g/mol. The van der Waals surface area contributed by atoms with E-state index in [-0.39, 0.29) is 44.4 Å². The molecule has 1 radical (unpaired) electrons. The van der Waals surface area contributed by atoms with Gasteiger partial charge in [0.25, 0.3) is 0 Å². The van der Waals surface area contributed by atoms with Crippen LogP contribution in [0.5, 0.6) is 0 Å². The molecule has 1 atom stereocenters. The molecule has 0 amide bonds. The van der Waals surface area contributed by atoms with E-state index in [2.05, 4.69) is 53.8 Å². The molecule has 155 valence electrons.